The summed E-state index contributed by atoms with van der Waals surface area (Å²) in [5.74, 6) is -2.06. The third-order valence-electron chi connectivity index (χ3n) is 3.24. The van der Waals surface area contributed by atoms with E-state index in [1.54, 1.807) is 0 Å². The van der Waals surface area contributed by atoms with Crippen molar-refractivity contribution in [2.75, 3.05) is 5.75 Å². The van der Waals surface area contributed by atoms with E-state index in [-0.39, 0.29) is 23.6 Å². The predicted molar refractivity (Wildman–Crippen MR) is 82.9 cm³/mol. The van der Waals surface area contributed by atoms with Crippen LogP contribution in [-0.2, 0) is 29.2 Å². The summed E-state index contributed by atoms with van der Waals surface area (Å²) >= 11 is -0.00192. The second-order valence-electron chi connectivity index (χ2n) is 5.20. The molecule has 0 aliphatic rings. The van der Waals surface area contributed by atoms with Gasteiger partial charge in [-0.1, -0.05) is 18.3 Å². The fourth-order valence-electron chi connectivity index (χ4n) is 1.85. The molecule has 2 heterocycles. The number of halogens is 6. The molecule has 0 saturated carbocycles. The molecule has 0 radical (unpaired) electrons. The Balaban J connectivity index is 2.65. The maximum Gasteiger partial charge on any atom is 0.445 e. The number of rotatable bonds is 3. The number of aromatic nitrogens is 3. The van der Waals surface area contributed by atoms with Gasteiger partial charge in [0.2, 0.25) is 9.81 Å². The lowest BCUT2D eigenvalue weighted by Gasteiger charge is -2.10. The molecule has 15 heteroatoms. The fourth-order valence-corrected chi connectivity index (χ4v) is 3.66. The molecule has 1 amide bonds. The minimum absolute atomic E-state index is 0.00192. The average molecular weight is 448 g/mol. The number of pyridine rings is 1. The molecule has 28 heavy (non-hydrogen) atoms. The van der Waals surface area contributed by atoms with Crippen molar-refractivity contribution < 1.29 is 39.6 Å². The second kappa shape index (κ2) is 7.27. The van der Waals surface area contributed by atoms with E-state index in [0.29, 0.717) is 4.68 Å². The lowest BCUT2D eigenvalue weighted by molar-refractivity contribution is -0.139. The van der Waals surface area contributed by atoms with Crippen LogP contribution in [0.1, 0.15) is 28.0 Å². The highest BCUT2D eigenvalue weighted by atomic mass is 32.2. The van der Waals surface area contributed by atoms with Crippen LogP contribution >= 0.6 is 11.3 Å². The molecule has 7 nitrogen and oxygen atoms in total. The number of hydrogen-bond donors (Lipinski definition) is 0. The molecule has 0 aliphatic carbocycles. The summed E-state index contributed by atoms with van der Waals surface area (Å²) in [5.41, 5.74) is -2.34. The highest BCUT2D eigenvalue weighted by Gasteiger charge is 2.36. The summed E-state index contributed by atoms with van der Waals surface area (Å²) < 4.78 is 101. The molecule has 0 aliphatic heterocycles. The van der Waals surface area contributed by atoms with Gasteiger partial charge in [-0.25, -0.2) is 18.1 Å². The van der Waals surface area contributed by atoms with Crippen molar-refractivity contribution >= 4 is 27.1 Å². The van der Waals surface area contributed by atoms with Gasteiger partial charge in [0.25, 0.3) is 5.91 Å². The Kier molecular flexibility index (Phi) is 5.71. The molecule has 0 aromatic carbocycles. The number of carbonyl (C=O) groups excluding carboxylic acids is 1. The lowest BCUT2D eigenvalue weighted by atomic mass is 10.2. The highest BCUT2D eigenvalue weighted by Crippen LogP contribution is 2.31. The predicted octanol–water partition coefficient (Wildman–Crippen LogP) is 2.45. The van der Waals surface area contributed by atoms with E-state index >= 15 is 0 Å². The van der Waals surface area contributed by atoms with Gasteiger partial charge in [-0.15, -0.1) is 0 Å². The van der Waals surface area contributed by atoms with Crippen molar-refractivity contribution in [1.82, 2.24) is 14.8 Å². The molecule has 0 spiro atoms. The van der Waals surface area contributed by atoms with Gasteiger partial charge >= 0.3 is 12.4 Å². The van der Waals surface area contributed by atoms with Crippen molar-refractivity contribution in [3.05, 3.63) is 33.3 Å². The third kappa shape index (κ3) is 4.57. The first-order valence-electron chi connectivity index (χ1n) is 7.17. The van der Waals surface area contributed by atoms with Gasteiger partial charge in [-0.3, -0.25) is 4.79 Å². The average Bonchev–Trinajstić information content (AvgIpc) is 2.94. The largest absolute Gasteiger partial charge is 0.445 e. The molecule has 2 aromatic heterocycles. The molecule has 0 atom stereocenters. The Morgan fingerprint density at radius 2 is 1.82 bits per heavy atom. The number of amides is 1. The summed E-state index contributed by atoms with van der Waals surface area (Å²) in [6, 6.07) is 0.238. The Morgan fingerprint density at radius 3 is 2.29 bits per heavy atom. The number of carbonyl (C=O) groups is 1. The monoisotopic (exact) mass is 448 g/mol. The minimum atomic E-state index is -4.92. The molecule has 0 fully saturated rings. The number of aryl methyl sites for hydroxylation is 1. The molecular weight excluding hydrogens is 438 g/mol. The van der Waals surface area contributed by atoms with Gasteiger partial charge in [0.1, 0.15) is 5.69 Å². The molecular formula is C13H10F6N4O3S2. The Hall–Kier alpha value is -2.29. The Bertz CT molecular complexity index is 1080. The van der Waals surface area contributed by atoms with Crippen LogP contribution < -0.4 is 4.80 Å². The summed E-state index contributed by atoms with van der Waals surface area (Å²) in [6.45, 7) is 1.14. The van der Waals surface area contributed by atoms with Gasteiger partial charge in [0.05, 0.1) is 16.2 Å². The minimum Gasteiger partial charge on any atom is -0.265 e. The molecule has 0 saturated heterocycles. The Labute approximate surface area is 157 Å². The van der Waals surface area contributed by atoms with E-state index in [2.05, 4.69) is 15.1 Å². The number of nitrogens with zero attached hydrogens (tertiary/aromatic N) is 4. The van der Waals surface area contributed by atoms with Crippen molar-refractivity contribution in [2.45, 2.75) is 24.2 Å². The van der Waals surface area contributed by atoms with Gasteiger partial charge in [-0.2, -0.15) is 36.4 Å². The van der Waals surface area contributed by atoms with E-state index in [0.717, 1.165) is 14.0 Å². The first-order valence-corrected chi connectivity index (χ1v) is 9.64. The van der Waals surface area contributed by atoms with Crippen molar-refractivity contribution in [3.63, 3.8) is 0 Å². The topological polar surface area (TPSA) is 94.3 Å². The molecule has 0 unspecified atom stereocenters. The van der Waals surface area contributed by atoms with E-state index in [9.17, 15) is 39.6 Å². The van der Waals surface area contributed by atoms with Gasteiger partial charge < -0.3 is 0 Å². The van der Waals surface area contributed by atoms with E-state index in [1.807, 2.05) is 0 Å². The van der Waals surface area contributed by atoms with E-state index in [1.165, 1.54) is 0 Å². The quantitative estimate of drug-likeness (QED) is 0.673. The molecule has 0 N–H and O–H groups in total. The second-order valence-corrected chi connectivity index (χ2v) is 8.40. The van der Waals surface area contributed by atoms with Gasteiger partial charge in [-0.05, 0) is 6.07 Å². The summed E-state index contributed by atoms with van der Waals surface area (Å²) in [6.07, 6.45) is -9.48. The van der Waals surface area contributed by atoms with Crippen molar-refractivity contribution in [3.8, 4) is 0 Å². The van der Waals surface area contributed by atoms with Crippen LogP contribution in [0.25, 0.3) is 0 Å². The van der Waals surface area contributed by atoms with E-state index < -0.39 is 59.8 Å². The van der Waals surface area contributed by atoms with Crippen molar-refractivity contribution in [2.24, 2.45) is 12.0 Å². The number of alkyl halides is 6. The molecule has 0 bridgehead atoms. The highest BCUT2D eigenvalue weighted by molar-refractivity contribution is 7.91. The Morgan fingerprint density at radius 1 is 1.21 bits per heavy atom. The normalized spacial score (nSPS) is 13.8. The summed E-state index contributed by atoms with van der Waals surface area (Å²) in [5, 5.41) is 1.82. The van der Waals surface area contributed by atoms with Crippen LogP contribution in [0.15, 0.2) is 22.2 Å². The molecule has 2 aromatic rings. The summed E-state index contributed by atoms with van der Waals surface area (Å²) in [4.78, 5) is 17.3. The van der Waals surface area contributed by atoms with Crippen LogP contribution in [0.3, 0.4) is 0 Å². The number of hydrogen-bond acceptors (Lipinski definition) is 6. The van der Waals surface area contributed by atoms with Gasteiger partial charge in [0, 0.05) is 13.2 Å². The first kappa shape index (κ1) is 22.0. The van der Waals surface area contributed by atoms with Crippen molar-refractivity contribution in [1.29, 1.82) is 0 Å². The zero-order valence-corrected chi connectivity index (χ0v) is 15.6. The SMILES string of the molecule is CCS(=O)(=O)c1cc(C(F)(F)F)cnc1C(=O)/N=c1\sc(C(F)(F)F)nn1C. The van der Waals surface area contributed by atoms with E-state index in [4.69, 9.17) is 0 Å². The van der Waals surface area contributed by atoms with Crippen LogP contribution in [0.2, 0.25) is 0 Å². The van der Waals surface area contributed by atoms with Gasteiger partial charge in [0.15, 0.2) is 9.84 Å². The lowest BCUT2D eigenvalue weighted by Crippen LogP contribution is -2.19. The van der Waals surface area contributed by atoms with Crippen LogP contribution in [0, 0.1) is 0 Å². The molecule has 2 rings (SSSR count). The maximum atomic E-state index is 12.8. The first-order chi connectivity index (χ1) is 12.7. The maximum absolute atomic E-state index is 12.8. The van der Waals surface area contributed by atoms with Crippen LogP contribution in [0.5, 0.6) is 0 Å². The third-order valence-corrected chi connectivity index (χ3v) is 6.03. The van der Waals surface area contributed by atoms with Crippen LogP contribution in [-0.4, -0.2) is 34.8 Å². The zero-order chi connectivity index (χ0) is 21.5. The summed E-state index contributed by atoms with van der Waals surface area (Å²) in [7, 11) is -3.26. The fraction of sp³-hybridized carbons (Fsp3) is 0.385. The zero-order valence-electron chi connectivity index (χ0n) is 14.0. The van der Waals surface area contributed by atoms with Crippen LogP contribution in [0.4, 0.5) is 26.3 Å². The smallest absolute Gasteiger partial charge is 0.265 e. The molecule has 154 valence electrons. The number of sulfone groups is 1. The standard InChI is InChI=1S/C13H10F6N4O3S2/c1-3-28(25,26)7-4-6(12(14,15)16)5-20-8(7)9(24)21-11-23(2)22-10(27-11)13(17,18)19/h4-5H,3H2,1-2H3/b21-11-.